The minimum absolute atomic E-state index is 0.573. The molecule has 0 aliphatic carbocycles. The first-order valence-corrected chi connectivity index (χ1v) is 9.49. The zero-order valence-electron chi connectivity index (χ0n) is 14.2. The smallest absolute Gasteiger partial charge is 0.316 e. The number of hydrogen-bond acceptors (Lipinski definition) is 3. The van der Waals surface area contributed by atoms with E-state index in [0.717, 1.165) is 24.3 Å². The highest BCUT2D eigenvalue weighted by Crippen LogP contribution is 2.38. The maximum atomic E-state index is 11.6. The van der Waals surface area contributed by atoms with Crippen LogP contribution in [0.25, 0.3) is 0 Å². The number of hydrogen-bond donors (Lipinski definition) is 1. The third-order valence-corrected chi connectivity index (χ3v) is 6.34. The van der Waals surface area contributed by atoms with Crippen LogP contribution in [-0.2, 0) is 5.72 Å². The Kier molecular flexibility index (Phi) is 3.89. The second kappa shape index (κ2) is 5.94. The van der Waals surface area contributed by atoms with Crippen LogP contribution in [-0.4, -0.2) is 33.7 Å². The fourth-order valence-corrected chi connectivity index (χ4v) is 4.84. The molecule has 0 aromatic heterocycles. The van der Waals surface area contributed by atoms with E-state index >= 15 is 0 Å². The summed E-state index contributed by atoms with van der Waals surface area (Å²) in [5, 5.41) is 12.8. The maximum Gasteiger partial charge on any atom is 0.316 e. The summed E-state index contributed by atoms with van der Waals surface area (Å²) in [7, 11) is 0. The van der Waals surface area contributed by atoms with E-state index < -0.39 is 5.72 Å². The minimum Gasteiger partial charge on any atom is -0.346 e. The van der Waals surface area contributed by atoms with Gasteiger partial charge in [0.05, 0.1) is 6.54 Å². The molecule has 1 atom stereocenters. The average Bonchev–Trinajstić information content (AvgIpc) is 2.93. The Hall–Kier alpha value is -1.78. The lowest BCUT2D eigenvalue weighted by atomic mass is 10.0. The number of nitrogens with zero attached hydrogens (tertiary/aromatic N) is 2. The van der Waals surface area contributed by atoms with Gasteiger partial charge in [-0.15, -0.1) is 0 Å². The van der Waals surface area contributed by atoms with Gasteiger partial charge >= 0.3 is 5.17 Å². The SMILES string of the molecule is Cc1cccc(N2C[C@@](O)(c3ccccc3)[N+]3=C2SCCC3)c1C. The van der Waals surface area contributed by atoms with Crippen LogP contribution in [0.15, 0.2) is 48.5 Å². The van der Waals surface area contributed by atoms with Crippen molar-refractivity contribution in [3.05, 3.63) is 65.2 Å². The molecule has 2 aromatic carbocycles. The number of aryl methyl sites for hydroxylation is 1. The summed E-state index contributed by atoms with van der Waals surface area (Å²) in [5.41, 5.74) is 3.79. The first kappa shape index (κ1) is 15.7. The fraction of sp³-hybridized carbons (Fsp3) is 0.350. The van der Waals surface area contributed by atoms with Crippen molar-refractivity contribution in [2.24, 2.45) is 0 Å². The Morgan fingerprint density at radius 3 is 2.67 bits per heavy atom. The summed E-state index contributed by atoms with van der Waals surface area (Å²) < 4.78 is 2.19. The predicted octanol–water partition coefficient (Wildman–Crippen LogP) is 3.47. The van der Waals surface area contributed by atoms with E-state index in [-0.39, 0.29) is 0 Å². The van der Waals surface area contributed by atoms with Gasteiger partial charge < -0.3 is 5.11 Å². The predicted molar refractivity (Wildman–Crippen MR) is 101 cm³/mol. The molecule has 0 bridgehead atoms. The van der Waals surface area contributed by atoms with Crippen LogP contribution < -0.4 is 4.90 Å². The molecular formula is C20H23N2OS+. The van der Waals surface area contributed by atoms with E-state index in [0.29, 0.717) is 6.54 Å². The summed E-state index contributed by atoms with van der Waals surface area (Å²) in [4.78, 5) is 2.30. The quantitative estimate of drug-likeness (QED) is 0.849. The molecule has 0 fully saturated rings. The van der Waals surface area contributed by atoms with E-state index in [1.165, 1.54) is 22.0 Å². The molecule has 0 saturated carbocycles. The summed E-state index contributed by atoms with van der Waals surface area (Å²) >= 11 is 1.86. The van der Waals surface area contributed by atoms with Crippen LogP contribution in [0.2, 0.25) is 0 Å². The summed E-state index contributed by atoms with van der Waals surface area (Å²) in [6.07, 6.45) is 1.10. The van der Waals surface area contributed by atoms with Gasteiger partial charge in [-0.3, -0.25) is 0 Å². The number of thioether (sulfide) groups is 1. The van der Waals surface area contributed by atoms with Crippen LogP contribution in [0, 0.1) is 13.8 Å². The molecule has 2 aliphatic rings. The van der Waals surface area contributed by atoms with Gasteiger partial charge in [0, 0.05) is 11.3 Å². The van der Waals surface area contributed by atoms with Crippen molar-refractivity contribution >= 4 is 22.6 Å². The largest absolute Gasteiger partial charge is 0.346 e. The normalized spacial score (nSPS) is 23.5. The summed E-state index contributed by atoms with van der Waals surface area (Å²) in [6.45, 7) is 5.79. The highest BCUT2D eigenvalue weighted by atomic mass is 32.2. The van der Waals surface area contributed by atoms with Crippen molar-refractivity contribution in [2.45, 2.75) is 26.0 Å². The highest BCUT2D eigenvalue weighted by molar-refractivity contribution is 8.13. The van der Waals surface area contributed by atoms with Gasteiger partial charge in [-0.25, -0.2) is 9.48 Å². The number of aliphatic hydroxyl groups is 1. The first-order valence-electron chi connectivity index (χ1n) is 8.50. The van der Waals surface area contributed by atoms with Gasteiger partial charge in [0.1, 0.15) is 5.69 Å². The van der Waals surface area contributed by atoms with Crippen LogP contribution in [0.3, 0.4) is 0 Å². The molecule has 0 radical (unpaired) electrons. The van der Waals surface area contributed by atoms with Crippen LogP contribution in [0.5, 0.6) is 0 Å². The second-order valence-electron chi connectivity index (χ2n) is 6.62. The Labute approximate surface area is 147 Å². The van der Waals surface area contributed by atoms with Crippen LogP contribution in [0.1, 0.15) is 23.1 Å². The van der Waals surface area contributed by atoms with Gasteiger partial charge in [-0.05, 0) is 49.2 Å². The molecule has 2 aromatic rings. The van der Waals surface area contributed by atoms with Gasteiger partial charge in [0.15, 0.2) is 6.54 Å². The monoisotopic (exact) mass is 339 g/mol. The molecule has 0 unspecified atom stereocenters. The minimum atomic E-state index is -0.958. The molecule has 3 nitrogen and oxygen atoms in total. The molecule has 2 heterocycles. The molecule has 4 rings (SSSR count). The van der Waals surface area contributed by atoms with Gasteiger partial charge in [-0.2, -0.15) is 0 Å². The zero-order chi connectivity index (χ0) is 16.7. The van der Waals surface area contributed by atoms with E-state index in [4.69, 9.17) is 0 Å². The first-order chi connectivity index (χ1) is 11.6. The van der Waals surface area contributed by atoms with Crippen molar-refractivity contribution in [2.75, 3.05) is 23.7 Å². The Morgan fingerprint density at radius 2 is 1.88 bits per heavy atom. The van der Waals surface area contributed by atoms with Gasteiger partial charge in [0.2, 0.25) is 0 Å². The third kappa shape index (κ3) is 2.36. The number of benzene rings is 2. The van der Waals surface area contributed by atoms with Crippen molar-refractivity contribution in [3.63, 3.8) is 0 Å². The van der Waals surface area contributed by atoms with E-state index in [1.807, 2.05) is 42.1 Å². The number of anilines is 1. The average molecular weight is 339 g/mol. The van der Waals surface area contributed by atoms with Crippen molar-refractivity contribution < 1.29 is 9.68 Å². The molecule has 1 N–H and O–H groups in total. The van der Waals surface area contributed by atoms with E-state index in [1.54, 1.807) is 0 Å². The summed E-state index contributed by atoms with van der Waals surface area (Å²) in [5.74, 6) is 1.11. The Bertz CT molecular complexity index is 803. The molecule has 0 saturated heterocycles. The molecule has 2 aliphatic heterocycles. The lowest BCUT2D eigenvalue weighted by Gasteiger charge is -2.24. The molecule has 24 heavy (non-hydrogen) atoms. The zero-order valence-corrected chi connectivity index (χ0v) is 15.0. The Balaban J connectivity index is 1.84. The van der Waals surface area contributed by atoms with Crippen LogP contribution >= 0.6 is 11.8 Å². The topological polar surface area (TPSA) is 26.5 Å². The second-order valence-corrected chi connectivity index (χ2v) is 7.69. The fourth-order valence-electron chi connectivity index (χ4n) is 3.67. The van der Waals surface area contributed by atoms with Crippen molar-refractivity contribution in [1.82, 2.24) is 0 Å². The highest BCUT2D eigenvalue weighted by Gasteiger charge is 2.53. The van der Waals surface area contributed by atoms with Crippen molar-refractivity contribution in [3.8, 4) is 0 Å². The molecule has 124 valence electrons. The lowest BCUT2D eigenvalue weighted by molar-refractivity contribution is -0.656. The van der Waals surface area contributed by atoms with Gasteiger partial charge in [0.25, 0.3) is 5.72 Å². The molecule has 4 heteroatoms. The Morgan fingerprint density at radius 1 is 1.08 bits per heavy atom. The van der Waals surface area contributed by atoms with E-state index in [9.17, 15) is 5.11 Å². The molecular weight excluding hydrogens is 316 g/mol. The number of rotatable bonds is 2. The van der Waals surface area contributed by atoms with Crippen LogP contribution in [0.4, 0.5) is 5.69 Å². The molecule has 0 amide bonds. The third-order valence-electron chi connectivity index (χ3n) is 5.15. The lowest BCUT2D eigenvalue weighted by Crippen LogP contribution is -2.41. The van der Waals surface area contributed by atoms with E-state index in [2.05, 4.69) is 41.5 Å². The number of amidine groups is 1. The van der Waals surface area contributed by atoms with Gasteiger partial charge in [-0.1, -0.05) is 42.5 Å². The molecule has 0 spiro atoms. The maximum absolute atomic E-state index is 11.6. The number of β-amino-alcohol motifs (C(OH)–C–C–N with tert-alkyl or cyclic N) is 1. The standard InChI is InChI=1S/C20H23N2OS/c1-15-8-6-11-18(16(15)2)21-14-20(23,17-9-4-3-5-10-17)22-12-7-13-24-19(21)22/h3-6,8-11,23H,7,12-14H2,1-2H3/q+1/t20-/m1/s1. The summed E-state index contributed by atoms with van der Waals surface area (Å²) in [6, 6.07) is 16.5. The van der Waals surface area contributed by atoms with Crippen molar-refractivity contribution in [1.29, 1.82) is 0 Å².